The van der Waals surface area contributed by atoms with Gasteiger partial charge in [-0.2, -0.15) is 0 Å². The zero-order valence-electron chi connectivity index (χ0n) is 15.3. The maximum Gasteiger partial charge on any atom is 0.308 e. The number of nitrogens with zero attached hydrogens (tertiary/aromatic N) is 1. The van der Waals surface area contributed by atoms with Gasteiger partial charge in [-0.15, -0.1) is 0 Å². The van der Waals surface area contributed by atoms with Gasteiger partial charge in [-0.25, -0.2) is 0 Å². The summed E-state index contributed by atoms with van der Waals surface area (Å²) in [5, 5.41) is 5.93. The van der Waals surface area contributed by atoms with Crippen molar-refractivity contribution in [1.82, 2.24) is 15.5 Å². The van der Waals surface area contributed by atoms with E-state index in [4.69, 9.17) is 40.2 Å². The third-order valence-corrected chi connectivity index (χ3v) is 4.83. The summed E-state index contributed by atoms with van der Waals surface area (Å²) in [5.41, 5.74) is 0.233. The molecule has 10 heteroatoms. The number of ether oxygens (including phenoxy) is 1. The summed E-state index contributed by atoms with van der Waals surface area (Å²) in [6, 6.07) is 3.57. The average molecular weight is 446 g/mol. The minimum absolute atomic E-state index is 0.0438. The minimum atomic E-state index is -0.848. The van der Waals surface area contributed by atoms with E-state index in [1.807, 2.05) is 6.92 Å². The summed E-state index contributed by atoms with van der Waals surface area (Å²) >= 11 is 17.1. The SMILES string of the molecule is CCCCOC(=O)CC1C(=O)NCCN1C(=S)NC(=O)c1cc(Cl)cc(Cl)c1. The topological polar surface area (TPSA) is 87.7 Å². The molecule has 1 heterocycles. The Morgan fingerprint density at radius 1 is 1.32 bits per heavy atom. The number of benzene rings is 1. The fourth-order valence-corrected chi connectivity index (χ4v) is 3.47. The number of piperazine rings is 1. The summed E-state index contributed by atoms with van der Waals surface area (Å²) in [6.07, 6.45) is 1.49. The predicted molar refractivity (Wildman–Crippen MR) is 111 cm³/mol. The number of halogens is 2. The third-order valence-electron chi connectivity index (χ3n) is 4.06. The lowest BCUT2D eigenvalue weighted by Crippen LogP contribution is -2.60. The molecule has 0 bridgehead atoms. The number of unbranched alkanes of at least 4 members (excludes halogenated alkanes) is 1. The van der Waals surface area contributed by atoms with Gasteiger partial charge in [0, 0.05) is 28.7 Å². The zero-order chi connectivity index (χ0) is 20.7. The van der Waals surface area contributed by atoms with E-state index >= 15 is 0 Å². The van der Waals surface area contributed by atoms with Crippen LogP contribution in [0.25, 0.3) is 0 Å². The Morgan fingerprint density at radius 3 is 2.64 bits per heavy atom. The highest BCUT2D eigenvalue weighted by Crippen LogP contribution is 2.19. The number of nitrogens with one attached hydrogen (secondary N) is 2. The summed E-state index contributed by atoms with van der Waals surface area (Å²) in [4.78, 5) is 38.2. The molecular formula is C18H21Cl2N3O4S. The number of esters is 1. The molecule has 1 aliphatic heterocycles. The number of carbonyl (C=O) groups excluding carboxylic acids is 3. The molecule has 152 valence electrons. The van der Waals surface area contributed by atoms with Crippen molar-refractivity contribution in [1.29, 1.82) is 0 Å². The second-order valence-electron chi connectivity index (χ2n) is 6.20. The Bertz CT molecular complexity index is 755. The molecule has 28 heavy (non-hydrogen) atoms. The summed E-state index contributed by atoms with van der Waals surface area (Å²) in [5.74, 6) is -1.35. The molecule has 1 fully saturated rings. The Labute approximate surface area is 178 Å². The van der Waals surface area contributed by atoms with Gasteiger partial charge >= 0.3 is 5.97 Å². The normalized spacial score (nSPS) is 16.3. The smallest absolute Gasteiger partial charge is 0.308 e. The van der Waals surface area contributed by atoms with Crippen molar-refractivity contribution in [2.75, 3.05) is 19.7 Å². The van der Waals surface area contributed by atoms with Gasteiger partial charge in [-0.3, -0.25) is 19.7 Å². The molecule has 0 aromatic heterocycles. The Morgan fingerprint density at radius 2 is 2.00 bits per heavy atom. The molecule has 2 amide bonds. The van der Waals surface area contributed by atoms with Gasteiger partial charge in [0.05, 0.1) is 13.0 Å². The molecule has 0 saturated carbocycles. The fourth-order valence-electron chi connectivity index (χ4n) is 2.63. The quantitative estimate of drug-likeness (QED) is 0.397. The third kappa shape index (κ3) is 6.32. The highest BCUT2D eigenvalue weighted by Gasteiger charge is 2.34. The van der Waals surface area contributed by atoms with Gasteiger partial charge < -0.3 is 15.0 Å². The molecule has 7 nitrogen and oxygen atoms in total. The number of hydrogen-bond acceptors (Lipinski definition) is 5. The minimum Gasteiger partial charge on any atom is -0.466 e. The van der Waals surface area contributed by atoms with Gasteiger partial charge in [0.1, 0.15) is 6.04 Å². The summed E-state index contributed by atoms with van der Waals surface area (Å²) < 4.78 is 5.13. The van der Waals surface area contributed by atoms with Gasteiger partial charge in [-0.1, -0.05) is 36.5 Å². The lowest BCUT2D eigenvalue weighted by atomic mass is 10.1. The van der Waals surface area contributed by atoms with Crippen molar-refractivity contribution >= 4 is 58.3 Å². The molecule has 0 radical (unpaired) electrons. The van der Waals surface area contributed by atoms with Crippen LogP contribution < -0.4 is 10.6 Å². The van der Waals surface area contributed by atoms with E-state index in [1.54, 1.807) is 0 Å². The van der Waals surface area contributed by atoms with Crippen molar-refractivity contribution in [2.24, 2.45) is 0 Å². The van der Waals surface area contributed by atoms with Gasteiger partial charge in [-0.05, 0) is 36.8 Å². The highest BCUT2D eigenvalue weighted by molar-refractivity contribution is 7.80. The number of thiocarbonyl (C=S) groups is 1. The predicted octanol–water partition coefficient (Wildman–Crippen LogP) is 2.54. The van der Waals surface area contributed by atoms with Crippen molar-refractivity contribution in [3.8, 4) is 0 Å². The summed E-state index contributed by atoms with van der Waals surface area (Å²) in [6.45, 7) is 2.99. The van der Waals surface area contributed by atoms with E-state index in [9.17, 15) is 14.4 Å². The molecule has 1 atom stereocenters. The van der Waals surface area contributed by atoms with Crippen molar-refractivity contribution < 1.29 is 19.1 Å². The lowest BCUT2D eigenvalue weighted by molar-refractivity contribution is -0.147. The molecule has 1 unspecified atom stereocenters. The van der Waals surface area contributed by atoms with E-state index in [0.717, 1.165) is 12.8 Å². The molecule has 1 saturated heterocycles. The summed E-state index contributed by atoms with van der Waals surface area (Å²) in [7, 11) is 0. The van der Waals surface area contributed by atoms with Crippen molar-refractivity contribution in [2.45, 2.75) is 32.2 Å². The fraction of sp³-hybridized carbons (Fsp3) is 0.444. The van der Waals surface area contributed by atoms with Crippen LogP contribution >= 0.6 is 35.4 Å². The van der Waals surface area contributed by atoms with Crippen LogP contribution in [0.15, 0.2) is 18.2 Å². The second-order valence-corrected chi connectivity index (χ2v) is 7.46. The average Bonchev–Trinajstić information content (AvgIpc) is 2.62. The first-order chi connectivity index (χ1) is 13.3. The van der Waals surface area contributed by atoms with Gasteiger partial charge in [0.25, 0.3) is 5.91 Å². The van der Waals surface area contributed by atoms with E-state index in [0.29, 0.717) is 29.7 Å². The Balaban J connectivity index is 2.04. The number of hydrogen-bond donors (Lipinski definition) is 2. The number of carbonyl (C=O) groups is 3. The maximum absolute atomic E-state index is 12.5. The van der Waals surface area contributed by atoms with Gasteiger partial charge in [0.2, 0.25) is 5.91 Å². The van der Waals surface area contributed by atoms with Crippen LogP contribution in [0.5, 0.6) is 0 Å². The first-order valence-corrected chi connectivity index (χ1v) is 9.99. The first kappa shape index (κ1) is 22.4. The van der Waals surface area contributed by atoms with Crippen LogP contribution in [0, 0.1) is 0 Å². The van der Waals surface area contributed by atoms with Crippen LogP contribution in [0.4, 0.5) is 0 Å². The largest absolute Gasteiger partial charge is 0.466 e. The molecule has 1 aromatic carbocycles. The van der Waals surface area contributed by atoms with E-state index < -0.39 is 17.9 Å². The number of amides is 2. The van der Waals surface area contributed by atoms with Crippen molar-refractivity contribution in [3.63, 3.8) is 0 Å². The van der Waals surface area contributed by atoms with Crippen LogP contribution in [0.1, 0.15) is 36.5 Å². The second kappa shape index (κ2) is 10.6. The van der Waals surface area contributed by atoms with E-state index in [-0.39, 0.29) is 23.0 Å². The molecule has 1 aliphatic rings. The van der Waals surface area contributed by atoms with Crippen LogP contribution in [-0.4, -0.2) is 53.5 Å². The zero-order valence-corrected chi connectivity index (χ0v) is 17.6. The molecule has 0 aliphatic carbocycles. The number of rotatable bonds is 6. The van der Waals surface area contributed by atoms with E-state index in [1.165, 1.54) is 23.1 Å². The highest BCUT2D eigenvalue weighted by atomic mass is 35.5. The molecule has 2 rings (SSSR count). The Kier molecular flexibility index (Phi) is 8.47. The van der Waals surface area contributed by atoms with Crippen LogP contribution in [0.2, 0.25) is 10.0 Å². The standard InChI is InChI=1S/C18H21Cl2N3O4S/c1-2-3-6-27-15(24)10-14-17(26)21-4-5-23(14)18(28)22-16(25)11-7-12(19)9-13(20)8-11/h7-9,14H,2-6,10H2,1H3,(H,21,26)(H,22,25,28). The monoisotopic (exact) mass is 445 g/mol. The van der Waals surface area contributed by atoms with E-state index in [2.05, 4.69) is 10.6 Å². The Hall–Kier alpha value is -1.90. The van der Waals surface area contributed by atoms with Gasteiger partial charge in [0.15, 0.2) is 5.11 Å². The lowest BCUT2D eigenvalue weighted by Gasteiger charge is -2.36. The molecule has 0 spiro atoms. The molecule has 2 N–H and O–H groups in total. The van der Waals surface area contributed by atoms with Crippen LogP contribution in [0.3, 0.4) is 0 Å². The first-order valence-electron chi connectivity index (χ1n) is 8.83. The van der Waals surface area contributed by atoms with Crippen LogP contribution in [-0.2, 0) is 14.3 Å². The van der Waals surface area contributed by atoms with Crippen molar-refractivity contribution in [3.05, 3.63) is 33.8 Å². The molecular weight excluding hydrogens is 425 g/mol. The maximum atomic E-state index is 12.5. The molecule has 1 aromatic rings.